The van der Waals surface area contributed by atoms with Crippen LogP contribution in [0.4, 0.5) is 0 Å². The lowest BCUT2D eigenvalue weighted by molar-refractivity contribution is -0.135. The minimum Gasteiger partial charge on any atom is -0.331 e. The van der Waals surface area contributed by atoms with Gasteiger partial charge in [0.25, 0.3) is 5.56 Å². The van der Waals surface area contributed by atoms with Crippen LogP contribution < -0.4 is 5.56 Å². The number of para-hydroxylation sites is 2. The molecule has 4 aromatic rings. The molecule has 0 bridgehead atoms. The van der Waals surface area contributed by atoms with Crippen LogP contribution in [0.5, 0.6) is 0 Å². The Morgan fingerprint density at radius 2 is 1.50 bits per heavy atom. The number of carbonyl (C=O) groups excluding carboxylic acids is 1. The zero-order valence-corrected chi connectivity index (χ0v) is 21.5. The van der Waals surface area contributed by atoms with Crippen molar-refractivity contribution in [3.63, 3.8) is 0 Å². The van der Waals surface area contributed by atoms with E-state index in [1.165, 1.54) is 0 Å². The third-order valence-electron chi connectivity index (χ3n) is 6.64. The summed E-state index contributed by atoms with van der Waals surface area (Å²) in [5.41, 5.74) is 2.23. The van der Waals surface area contributed by atoms with Crippen molar-refractivity contribution in [2.75, 3.05) is 27.2 Å². The molecule has 0 radical (unpaired) electrons. The van der Waals surface area contributed by atoms with Crippen molar-refractivity contribution in [3.8, 4) is 5.69 Å². The second-order valence-corrected chi connectivity index (χ2v) is 9.35. The van der Waals surface area contributed by atoms with Crippen molar-refractivity contribution >= 4 is 16.8 Å². The van der Waals surface area contributed by atoms with E-state index in [0.717, 1.165) is 11.3 Å². The van der Waals surface area contributed by atoms with E-state index in [0.29, 0.717) is 36.2 Å². The quantitative estimate of drug-likeness (QED) is 0.336. The summed E-state index contributed by atoms with van der Waals surface area (Å²) in [6.45, 7) is 5.23. The number of hydrogen-bond acceptors (Lipinski definition) is 4. The van der Waals surface area contributed by atoms with Gasteiger partial charge in [-0.2, -0.15) is 0 Å². The lowest BCUT2D eigenvalue weighted by atomic mass is 9.94. The van der Waals surface area contributed by atoms with Gasteiger partial charge in [0.15, 0.2) is 0 Å². The highest BCUT2D eigenvalue weighted by atomic mass is 16.2. The molecule has 0 fully saturated rings. The van der Waals surface area contributed by atoms with Gasteiger partial charge in [0, 0.05) is 13.1 Å². The fraction of sp³-hybridized carbons (Fsp3) is 0.300. The van der Waals surface area contributed by atoms with Crippen molar-refractivity contribution in [2.24, 2.45) is 0 Å². The van der Waals surface area contributed by atoms with E-state index >= 15 is 0 Å². The Hall–Kier alpha value is -3.77. The average Bonchev–Trinajstić information content (AvgIpc) is 2.90. The molecule has 36 heavy (non-hydrogen) atoms. The first-order chi connectivity index (χ1) is 17.4. The van der Waals surface area contributed by atoms with Crippen LogP contribution in [0.1, 0.15) is 43.6 Å². The molecule has 1 aromatic heterocycles. The Labute approximate surface area is 212 Å². The number of amides is 1. The molecule has 0 N–H and O–H groups in total. The van der Waals surface area contributed by atoms with Gasteiger partial charge in [0.05, 0.1) is 28.6 Å². The number of aromatic nitrogens is 2. The standard InChI is InChI=1S/C30H34N4O2/c1-5-25(23-14-8-6-9-15-23)29(35)33(21-20-32(3)4)22(2)28-31-27-19-13-12-18-26(27)30(36)34(28)24-16-10-7-11-17-24/h6-19,22,25H,5,20-21H2,1-4H3. The number of fused-ring (bicyclic) bond motifs is 1. The van der Waals surface area contributed by atoms with E-state index in [2.05, 4.69) is 4.90 Å². The lowest BCUT2D eigenvalue weighted by Gasteiger charge is -2.34. The first-order valence-electron chi connectivity index (χ1n) is 12.5. The lowest BCUT2D eigenvalue weighted by Crippen LogP contribution is -2.43. The van der Waals surface area contributed by atoms with Crippen LogP contribution >= 0.6 is 0 Å². The predicted molar refractivity (Wildman–Crippen MR) is 145 cm³/mol. The van der Waals surface area contributed by atoms with Gasteiger partial charge in [0.2, 0.25) is 5.91 Å². The fourth-order valence-corrected chi connectivity index (χ4v) is 4.64. The van der Waals surface area contributed by atoms with E-state index in [1.54, 1.807) is 10.6 Å². The van der Waals surface area contributed by atoms with Crippen molar-refractivity contribution < 1.29 is 4.79 Å². The second kappa shape index (κ2) is 11.3. The molecule has 4 rings (SSSR count). The van der Waals surface area contributed by atoms with Gasteiger partial charge in [-0.1, -0.05) is 67.6 Å². The van der Waals surface area contributed by atoms with Crippen LogP contribution in [-0.2, 0) is 4.79 Å². The molecule has 3 aromatic carbocycles. The molecule has 186 valence electrons. The summed E-state index contributed by atoms with van der Waals surface area (Å²) >= 11 is 0. The van der Waals surface area contributed by atoms with Gasteiger partial charge in [-0.05, 0) is 57.3 Å². The summed E-state index contributed by atoms with van der Waals surface area (Å²) in [5.74, 6) is 0.327. The van der Waals surface area contributed by atoms with Crippen molar-refractivity contribution in [1.29, 1.82) is 0 Å². The fourth-order valence-electron chi connectivity index (χ4n) is 4.64. The van der Waals surface area contributed by atoms with Gasteiger partial charge in [0.1, 0.15) is 5.82 Å². The maximum Gasteiger partial charge on any atom is 0.266 e. The summed E-state index contributed by atoms with van der Waals surface area (Å²) in [7, 11) is 3.99. The van der Waals surface area contributed by atoms with Gasteiger partial charge in [-0.15, -0.1) is 0 Å². The number of benzene rings is 3. The Morgan fingerprint density at radius 1 is 0.889 bits per heavy atom. The smallest absolute Gasteiger partial charge is 0.266 e. The summed E-state index contributed by atoms with van der Waals surface area (Å²) in [4.78, 5) is 36.7. The molecule has 6 heteroatoms. The van der Waals surface area contributed by atoms with E-state index < -0.39 is 6.04 Å². The second-order valence-electron chi connectivity index (χ2n) is 9.35. The molecule has 0 spiro atoms. The largest absolute Gasteiger partial charge is 0.331 e. The van der Waals surface area contributed by atoms with Crippen LogP contribution in [0.25, 0.3) is 16.6 Å². The van der Waals surface area contributed by atoms with Crippen LogP contribution in [0, 0.1) is 0 Å². The molecule has 0 aliphatic heterocycles. The maximum atomic E-state index is 14.1. The van der Waals surface area contributed by atoms with Crippen molar-refractivity contribution in [3.05, 3.63) is 107 Å². The van der Waals surface area contributed by atoms with E-state index in [1.807, 2.05) is 112 Å². The highest BCUT2D eigenvalue weighted by molar-refractivity contribution is 5.84. The van der Waals surface area contributed by atoms with E-state index in [-0.39, 0.29) is 17.4 Å². The Kier molecular flexibility index (Phi) is 7.96. The minimum atomic E-state index is -0.423. The molecule has 2 atom stereocenters. The molecule has 6 nitrogen and oxygen atoms in total. The summed E-state index contributed by atoms with van der Waals surface area (Å²) in [6.07, 6.45) is 0.685. The van der Waals surface area contributed by atoms with Crippen LogP contribution in [0.3, 0.4) is 0 Å². The third-order valence-corrected chi connectivity index (χ3v) is 6.64. The molecule has 0 aliphatic rings. The predicted octanol–water partition coefficient (Wildman–Crippen LogP) is 5.03. The number of likely N-dealkylation sites (N-methyl/N-ethyl adjacent to an activating group) is 1. The molecule has 1 heterocycles. The summed E-state index contributed by atoms with van der Waals surface area (Å²) in [6, 6.07) is 26.4. The Bertz CT molecular complexity index is 1370. The van der Waals surface area contributed by atoms with Crippen LogP contribution in [0.2, 0.25) is 0 Å². The summed E-state index contributed by atoms with van der Waals surface area (Å²) in [5, 5.41) is 0.555. The summed E-state index contributed by atoms with van der Waals surface area (Å²) < 4.78 is 1.66. The molecule has 0 saturated carbocycles. The maximum absolute atomic E-state index is 14.1. The van der Waals surface area contributed by atoms with Crippen molar-refractivity contribution in [1.82, 2.24) is 19.4 Å². The Balaban J connectivity index is 1.86. The topological polar surface area (TPSA) is 58.4 Å². The van der Waals surface area contributed by atoms with Gasteiger partial charge in [-0.25, -0.2) is 4.98 Å². The van der Waals surface area contributed by atoms with Crippen LogP contribution in [0.15, 0.2) is 89.7 Å². The molecule has 2 unspecified atom stereocenters. The van der Waals surface area contributed by atoms with Crippen molar-refractivity contribution in [2.45, 2.75) is 32.2 Å². The molecule has 0 saturated heterocycles. The first kappa shape index (κ1) is 25.3. The first-order valence-corrected chi connectivity index (χ1v) is 12.5. The van der Waals surface area contributed by atoms with E-state index in [9.17, 15) is 9.59 Å². The monoisotopic (exact) mass is 482 g/mol. The number of rotatable bonds is 9. The highest BCUT2D eigenvalue weighted by Gasteiger charge is 2.31. The highest BCUT2D eigenvalue weighted by Crippen LogP contribution is 2.28. The van der Waals surface area contributed by atoms with Gasteiger partial charge >= 0.3 is 0 Å². The van der Waals surface area contributed by atoms with Gasteiger partial charge < -0.3 is 9.80 Å². The number of carbonyl (C=O) groups is 1. The van der Waals surface area contributed by atoms with Gasteiger partial charge in [-0.3, -0.25) is 14.2 Å². The molecule has 1 amide bonds. The SMILES string of the molecule is CCC(C(=O)N(CCN(C)C)C(C)c1nc2ccccc2c(=O)n1-c1ccccc1)c1ccccc1. The third kappa shape index (κ3) is 5.24. The zero-order chi connectivity index (χ0) is 25.7. The molecular formula is C30H34N4O2. The number of nitrogens with zero attached hydrogens (tertiary/aromatic N) is 4. The normalized spacial score (nSPS) is 13.0. The molecular weight excluding hydrogens is 448 g/mol. The van der Waals surface area contributed by atoms with E-state index in [4.69, 9.17) is 4.98 Å². The minimum absolute atomic E-state index is 0.0417. The molecule has 0 aliphatic carbocycles. The average molecular weight is 483 g/mol. The number of hydrogen-bond donors (Lipinski definition) is 0. The zero-order valence-electron chi connectivity index (χ0n) is 21.5. The van der Waals surface area contributed by atoms with Crippen LogP contribution in [-0.4, -0.2) is 52.4 Å². The Morgan fingerprint density at radius 3 is 2.14 bits per heavy atom.